The number of nitro benzene ring substituents is 1. The second-order valence-electron chi connectivity index (χ2n) is 8.46. The third-order valence-electron chi connectivity index (χ3n) is 6.21. The fourth-order valence-electron chi connectivity index (χ4n) is 4.46. The first-order valence-electron chi connectivity index (χ1n) is 11.7. The summed E-state index contributed by atoms with van der Waals surface area (Å²) in [5, 5.41) is 15.0. The summed E-state index contributed by atoms with van der Waals surface area (Å²) in [6, 6.07) is 43.8. The standard InChI is InChI=1S/C31H25NO2PS.BrH/c33-32(34)26-19-16-25(17-20-26)18-21-30-22-23-31(36-30)24-35(27-10-4-1-5-11-27,28-12-6-2-7-13-28)29-14-8-3-9-15-29;/h1-23H,24H2;1H/q+1;/p-1/b21-18+;. The summed E-state index contributed by atoms with van der Waals surface area (Å²) in [7, 11) is -1.93. The maximum atomic E-state index is 10.9. The van der Waals surface area contributed by atoms with Gasteiger partial charge in [-0.05, 0) is 72.3 Å². The average molecular weight is 586 g/mol. The van der Waals surface area contributed by atoms with E-state index in [0.29, 0.717) is 0 Å². The van der Waals surface area contributed by atoms with Crippen molar-refractivity contribution in [2.75, 3.05) is 0 Å². The van der Waals surface area contributed by atoms with Crippen molar-refractivity contribution in [2.45, 2.75) is 6.16 Å². The van der Waals surface area contributed by atoms with Crippen molar-refractivity contribution >= 4 is 52.4 Å². The molecule has 4 aromatic carbocycles. The number of benzene rings is 4. The molecule has 0 N–H and O–H groups in total. The molecule has 0 saturated heterocycles. The van der Waals surface area contributed by atoms with Gasteiger partial charge in [-0.2, -0.15) is 0 Å². The summed E-state index contributed by atoms with van der Waals surface area (Å²) in [5.41, 5.74) is 1.05. The van der Waals surface area contributed by atoms with Gasteiger partial charge in [0.1, 0.15) is 29.3 Å². The van der Waals surface area contributed by atoms with Crippen molar-refractivity contribution in [2.24, 2.45) is 0 Å². The highest BCUT2D eigenvalue weighted by molar-refractivity contribution is 7.95. The van der Waals surface area contributed by atoms with Gasteiger partial charge in [-0.15, -0.1) is 11.3 Å². The number of non-ortho nitro benzene ring substituents is 1. The van der Waals surface area contributed by atoms with Gasteiger partial charge >= 0.3 is 0 Å². The van der Waals surface area contributed by atoms with Crippen LogP contribution in [0.1, 0.15) is 15.3 Å². The molecule has 3 nitrogen and oxygen atoms in total. The Hall–Kier alpha value is -3.37. The lowest BCUT2D eigenvalue weighted by atomic mass is 10.2. The van der Waals surface area contributed by atoms with Gasteiger partial charge in [-0.25, -0.2) is 0 Å². The highest BCUT2D eigenvalue weighted by Crippen LogP contribution is 2.58. The van der Waals surface area contributed by atoms with Crippen LogP contribution in [-0.4, -0.2) is 4.92 Å². The Kier molecular flexibility index (Phi) is 8.83. The minimum absolute atomic E-state index is 0. The second-order valence-corrected chi connectivity index (χ2v) is 13.1. The fraction of sp³-hybridized carbons (Fsp3) is 0.0323. The average Bonchev–Trinajstić information content (AvgIpc) is 3.39. The minimum Gasteiger partial charge on any atom is -1.00 e. The zero-order valence-electron chi connectivity index (χ0n) is 20.0. The molecule has 0 atom stereocenters. The molecule has 1 heterocycles. The number of hydrogen-bond acceptors (Lipinski definition) is 3. The van der Waals surface area contributed by atoms with Gasteiger partial charge in [-0.3, -0.25) is 10.1 Å². The van der Waals surface area contributed by atoms with Crippen LogP contribution in [0.2, 0.25) is 0 Å². The maximum absolute atomic E-state index is 10.9. The predicted molar refractivity (Wildman–Crippen MR) is 155 cm³/mol. The summed E-state index contributed by atoms with van der Waals surface area (Å²) in [5.74, 6) is 0. The van der Waals surface area contributed by atoms with E-state index < -0.39 is 7.26 Å². The monoisotopic (exact) mass is 585 g/mol. The molecule has 0 aliphatic carbocycles. The van der Waals surface area contributed by atoms with Gasteiger partial charge in [0.15, 0.2) is 0 Å². The summed E-state index contributed by atoms with van der Waals surface area (Å²) in [4.78, 5) is 13.0. The van der Waals surface area contributed by atoms with Crippen LogP contribution in [0.5, 0.6) is 0 Å². The minimum atomic E-state index is -1.93. The molecule has 0 bridgehead atoms. The van der Waals surface area contributed by atoms with Crippen molar-refractivity contribution in [3.63, 3.8) is 0 Å². The molecule has 0 radical (unpaired) electrons. The Morgan fingerprint density at radius 1 is 0.649 bits per heavy atom. The lowest BCUT2D eigenvalue weighted by Gasteiger charge is -2.27. The highest BCUT2D eigenvalue weighted by atomic mass is 79.9. The maximum Gasteiger partial charge on any atom is 0.269 e. The van der Waals surface area contributed by atoms with Gasteiger partial charge in [0.05, 0.1) is 4.92 Å². The van der Waals surface area contributed by atoms with Gasteiger partial charge in [0.2, 0.25) is 0 Å². The molecular formula is C31H25BrNO2PS. The Morgan fingerprint density at radius 3 is 1.59 bits per heavy atom. The van der Waals surface area contributed by atoms with Crippen LogP contribution in [-0.2, 0) is 6.16 Å². The molecule has 1 aromatic heterocycles. The molecule has 5 aromatic rings. The van der Waals surface area contributed by atoms with Crippen molar-refractivity contribution in [1.82, 2.24) is 0 Å². The number of nitro groups is 1. The molecule has 37 heavy (non-hydrogen) atoms. The van der Waals surface area contributed by atoms with Crippen LogP contribution in [0, 0.1) is 10.1 Å². The zero-order valence-corrected chi connectivity index (χ0v) is 23.3. The van der Waals surface area contributed by atoms with Crippen LogP contribution >= 0.6 is 18.6 Å². The fourth-order valence-corrected chi connectivity index (χ4v) is 10.1. The largest absolute Gasteiger partial charge is 1.00 e. The number of rotatable bonds is 8. The zero-order chi connectivity index (χ0) is 24.8. The quantitative estimate of drug-likeness (QED) is 0.155. The van der Waals surface area contributed by atoms with E-state index in [0.717, 1.165) is 16.6 Å². The Bertz CT molecular complexity index is 1370. The van der Waals surface area contributed by atoms with Crippen molar-refractivity contribution in [3.8, 4) is 0 Å². The van der Waals surface area contributed by atoms with E-state index in [1.807, 2.05) is 6.08 Å². The number of thiophene rings is 1. The van der Waals surface area contributed by atoms with E-state index in [2.05, 4.69) is 109 Å². The molecular weight excluding hydrogens is 561 g/mol. The molecule has 0 aliphatic heterocycles. The third-order valence-corrected chi connectivity index (χ3v) is 11.8. The number of halogens is 1. The molecule has 0 fully saturated rings. The molecule has 184 valence electrons. The first-order valence-corrected chi connectivity index (χ1v) is 14.5. The van der Waals surface area contributed by atoms with Gasteiger partial charge < -0.3 is 17.0 Å². The molecule has 0 amide bonds. The van der Waals surface area contributed by atoms with E-state index in [9.17, 15) is 10.1 Å². The number of nitrogens with zero attached hydrogens (tertiary/aromatic N) is 1. The van der Waals surface area contributed by atoms with Gasteiger partial charge in [-0.1, -0.05) is 60.7 Å². The van der Waals surface area contributed by atoms with Crippen LogP contribution < -0.4 is 32.9 Å². The number of hydrogen-bond donors (Lipinski definition) is 0. The topological polar surface area (TPSA) is 43.1 Å². The van der Waals surface area contributed by atoms with Crippen LogP contribution in [0.25, 0.3) is 12.2 Å². The van der Waals surface area contributed by atoms with Crippen molar-refractivity contribution in [1.29, 1.82) is 0 Å². The summed E-state index contributed by atoms with van der Waals surface area (Å²) < 4.78 is 0. The predicted octanol–water partition coefficient (Wildman–Crippen LogP) is 4.32. The van der Waals surface area contributed by atoms with Crippen molar-refractivity contribution < 1.29 is 21.9 Å². The Balaban J connectivity index is 0.00000320. The normalized spacial score (nSPS) is 11.2. The molecule has 6 heteroatoms. The Morgan fingerprint density at radius 2 is 1.14 bits per heavy atom. The van der Waals surface area contributed by atoms with E-state index >= 15 is 0 Å². The molecule has 0 aliphatic rings. The summed E-state index contributed by atoms with van der Waals surface area (Å²) in [6.45, 7) is 0. The molecule has 5 rings (SSSR count). The molecule has 0 saturated carbocycles. The third kappa shape index (κ3) is 5.97. The lowest BCUT2D eigenvalue weighted by Crippen LogP contribution is -3.00. The van der Waals surface area contributed by atoms with E-state index in [-0.39, 0.29) is 27.6 Å². The van der Waals surface area contributed by atoms with E-state index in [1.165, 1.54) is 32.9 Å². The first kappa shape index (κ1) is 26.7. The van der Waals surface area contributed by atoms with Crippen LogP contribution in [0.15, 0.2) is 127 Å². The smallest absolute Gasteiger partial charge is 0.269 e. The lowest BCUT2D eigenvalue weighted by molar-refractivity contribution is -0.384. The molecule has 0 unspecified atom stereocenters. The first-order chi connectivity index (χ1) is 17.6. The molecule has 0 spiro atoms. The summed E-state index contributed by atoms with van der Waals surface area (Å²) in [6.07, 6.45) is 5.04. The highest BCUT2D eigenvalue weighted by Gasteiger charge is 2.45. The Labute approximate surface area is 232 Å². The van der Waals surface area contributed by atoms with Gasteiger partial charge in [0.25, 0.3) is 5.69 Å². The second kappa shape index (κ2) is 12.2. The van der Waals surface area contributed by atoms with E-state index in [1.54, 1.807) is 23.5 Å². The van der Waals surface area contributed by atoms with Gasteiger partial charge in [0, 0.05) is 21.9 Å². The SMILES string of the molecule is O=[N+]([O-])c1ccc(/C=C/c2ccc(C[P+](c3ccccc3)(c3ccccc3)c3ccccc3)s2)cc1.[Br-]. The summed E-state index contributed by atoms with van der Waals surface area (Å²) >= 11 is 1.80. The van der Waals surface area contributed by atoms with Crippen LogP contribution in [0.4, 0.5) is 5.69 Å². The van der Waals surface area contributed by atoms with Crippen LogP contribution in [0.3, 0.4) is 0 Å². The van der Waals surface area contributed by atoms with E-state index in [4.69, 9.17) is 0 Å². The van der Waals surface area contributed by atoms with Crippen molar-refractivity contribution in [3.05, 3.63) is 153 Å².